The van der Waals surface area contributed by atoms with E-state index in [-0.39, 0.29) is 24.0 Å². The third-order valence-electron chi connectivity index (χ3n) is 4.81. The van der Waals surface area contributed by atoms with Crippen LogP contribution in [0.15, 0.2) is 9.52 Å². The van der Waals surface area contributed by atoms with Gasteiger partial charge in [0.25, 0.3) is 0 Å². The van der Waals surface area contributed by atoms with E-state index in [0.29, 0.717) is 12.6 Å². The molecule has 0 radical (unpaired) electrons. The van der Waals surface area contributed by atoms with E-state index in [0.717, 1.165) is 49.0 Å². The van der Waals surface area contributed by atoms with Crippen LogP contribution in [0.25, 0.3) is 0 Å². The largest absolute Gasteiger partial charge is 0.376 e. The van der Waals surface area contributed by atoms with Gasteiger partial charge in [0.2, 0.25) is 0 Å². The third kappa shape index (κ3) is 7.42. The van der Waals surface area contributed by atoms with E-state index in [2.05, 4.69) is 34.6 Å². The van der Waals surface area contributed by atoms with Gasteiger partial charge in [-0.15, -0.1) is 24.0 Å². The second kappa shape index (κ2) is 13.4. The van der Waals surface area contributed by atoms with Gasteiger partial charge in [0.05, 0.1) is 18.4 Å². The van der Waals surface area contributed by atoms with E-state index < -0.39 is 0 Å². The average molecular weight is 478 g/mol. The first-order valence-electron chi connectivity index (χ1n) is 9.80. The summed E-state index contributed by atoms with van der Waals surface area (Å²) in [4.78, 5) is 4.29. The molecule has 1 aromatic rings. The Labute approximate surface area is 174 Å². The fraction of sp³-hybridized carbons (Fsp3) is 0.789. The molecule has 0 unspecified atom stereocenters. The molecule has 2 N–H and O–H groups in total. The number of aryl methyl sites for hydroxylation is 2. The van der Waals surface area contributed by atoms with E-state index >= 15 is 0 Å². The molecule has 0 amide bonds. The zero-order chi connectivity index (χ0) is 17.9. The van der Waals surface area contributed by atoms with Crippen molar-refractivity contribution in [3.8, 4) is 0 Å². The standard InChI is InChI=1S/C19H34N4O2.HI/c1-4-17-16(18(5-2)25-23-17)14-22-19(20-3)21-12-13-24-15-10-8-6-7-9-11-15;/h15H,4-14H2,1-3H3,(H2,20,21,22);1H. The number of nitrogens with one attached hydrogen (secondary N) is 2. The second-order valence-electron chi connectivity index (χ2n) is 6.58. The van der Waals surface area contributed by atoms with Crippen LogP contribution < -0.4 is 10.6 Å². The molecule has 0 spiro atoms. The van der Waals surface area contributed by atoms with Gasteiger partial charge in [-0.05, 0) is 19.3 Å². The number of halogens is 1. The summed E-state index contributed by atoms with van der Waals surface area (Å²) in [5, 5.41) is 10.8. The van der Waals surface area contributed by atoms with Crippen molar-refractivity contribution in [1.29, 1.82) is 0 Å². The van der Waals surface area contributed by atoms with Crippen LogP contribution >= 0.6 is 24.0 Å². The lowest BCUT2D eigenvalue weighted by atomic mass is 10.1. The van der Waals surface area contributed by atoms with Crippen molar-refractivity contribution in [1.82, 2.24) is 15.8 Å². The molecule has 1 aromatic heterocycles. The van der Waals surface area contributed by atoms with Crippen molar-refractivity contribution in [2.45, 2.75) is 77.9 Å². The van der Waals surface area contributed by atoms with Crippen molar-refractivity contribution < 1.29 is 9.26 Å². The molecule has 26 heavy (non-hydrogen) atoms. The maximum atomic E-state index is 6.01. The van der Waals surface area contributed by atoms with Crippen LogP contribution in [0.4, 0.5) is 0 Å². The predicted molar refractivity (Wildman–Crippen MR) is 116 cm³/mol. The minimum atomic E-state index is 0. The molecule has 1 heterocycles. The summed E-state index contributed by atoms with van der Waals surface area (Å²) in [5.41, 5.74) is 2.18. The normalized spacial score (nSPS) is 16.0. The summed E-state index contributed by atoms with van der Waals surface area (Å²) in [6.45, 7) is 6.35. The molecule has 150 valence electrons. The maximum Gasteiger partial charge on any atom is 0.191 e. The van der Waals surface area contributed by atoms with Crippen molar-refractivity contribution in [2.24, 2.45) is 4.99 Å². The predicted octanol–water partition coefficient (Wildman–Crippen LogP) is 3.82. The Balaban J connectivity index is 0.00000338. The molecule has 2 rings (SSSR count). The molecule has 6 nitrogen and oxygen atoms in total. The van der Waals surface area contributed by atoms with Gasteiger partial charge in [-0.1, -0.05) is 44.7 Å². The zero-order valence-electron chi connectivity index (χ0n) is 16.5. The van der Waals surface area contributed by atoms with Crippen LogP contribution in [0.5, 0.6) is 0 Å². The second-order valence-corrected chi connectivity index (χ2v) is 6.58. The van der Waals surface area contributed by atoms with E-state index in [1.807, 2.05) is 0 Å². The van der Waals surface area contributed by atoms with E-state index in [9.17, 15) is 0 Å². The van der Waals surface area contributed by atoms with Crippen LogP contribution in [0.2, 0.25) is 0 Å². The molecule has 0 atom stereocenters. The number of aromatic nitrogens is 1. The minimum absolute atomic E-state index is 0. The first kappa shape index (κ1) is 23.2. The quantitative estimate of drug-likeness (QED) is 0.196. The Morgan fingerprint density at radius 3 is 2.50 bits per heavy atom. The van der Waals surface area contributed by atoms with Crippen molar-refractivity contribution in [3.05, 3.63) is 17.0 Å². The van der Waals surface area contributed by atoms with E-state index in [1.54, 1.807) is 7.05 Å². The third-order valence-corrected chi connectivity index (χ3v) is 4.81. The summed E-state index contributed by atoms with van der Waals surface area (Å²) in [6.07, 6.45) is 9.91. The Morgan fingerprint density at radius 2 is 1.88 bits per heavy atom. The van der Waals surface area contributed by atoms with Crippen LogP contribution in [-0.4, -0.2) is 37.4 Å². The number of rotatable bonds is 8. The highest BCUT2D eigenvalue weighted by molar-refractivity contribution is 14.0. The fourth-order valence-electron chi connectivity index (χ4n) is 3.33. The summed E-state index contributed by atoms with van der Waals surface area (Å²) < 4.78 is 11.4. The molecule has 0 bridgehead atoms. The van der Waals surface area contributed by atoms with Gasteiger partial charge < -0.3 is 19.9 Å². The van der Waals surface area contributed by atoms with Gasteiger partial charge in [0.15, 0.2) is 5.96 Å². The van der Waals surface area contributed by atoms with Gasteiger partial charge in [-0.2, -0.15) is 0 Å². The SMILES string of the molecule is CCc1noc(CC)c1CNC(=NC)NCCOC1CCCCCC1.I. The van der Waals surface area contributed by atoms with Gasteiger partial charge in [0.1, 0.15) is 5.76 Å². The Bertz CT molecular complexity index is 504. The lowest BCUT2D eigenvalue weighted by Gasteiger charge is -2.17. The summed E-state index contributed by atoms with van der Waals surface area (Å²) in [6, 6.07) is 0. The molecule has 0 aromatic carbocycles. The Morgan fingerprint density at radius 1 is 1.15 bits per heavy atom. The maximum absolute atomic E-state index is 6.01. The highest BCUT2D eigenvalue weighted by Crippen LogP contribution is 2.19. The molecule has 1 fully saturated rings. The van der Waals surface area contributed by atoms with Crippen LogP contribution in [-0.2, 0) is 24.1 Å². The summed E-state index contributed by atoms with van der Waals surface area (Å²) >= 11 is 0. The lowest BCUT2D eigenvalue weighted by molar-refractivity contribution is 0.0468. The Kier molecular flexibility index (Phi) is 11.9. The topological polar surface area (TPSA) is 71.7 Å². The van der Waals surface area contributed by atoms with Gasteiger partial charge in [0, 0.05) is 32.1 Å². The molecular formula is C19H35IN4O2. The number of hydrogen-bond donors (Lipinski definition) is 2. The number of aliphatic imine (C=N–C) groups is 1. The van der Waals surface area contributed by atoms with Crippen LogP contribution in [0.1, 0.15) is 69.4 Å². The average Bonchev–Trinajstić information content (AvgIpc) is 2.85. The van der Waals surface area contributed by atoms with Crippen molar-refractivity contribution >= 4 is 29.9 Å². The first-order valence-corrected chi connectivity index (χ1v) is 9.80. The number of hydrogen-bond acceptors (Lipinski definition) is 4. The van der Waals surface area contributed by atoms with Crippen LogP contribution in [0, 0.1) is 0 Å². The fourth-order valence-corrected chi connectivity index (χ4v) is 3.33. The molecule has 1 aliphatic carbocycles. The highest BCUT2D eigenvalue weighted by Gasteiger charge is 2.14. The lowest BCUT2D eigenvalue weighted by Crippen LogP contribution is -2.39. The smallest absolute Gasteiger partial charge is 0.191 e. The molecule has 1 saturated carbocycles. The van der Waals surface area contributed by atoms with Gasteiger partial charge in [-0.25, -0.2) is 0 Å². The minimum Gasteiger partial charge on any atom is -0.376 e. The summed E-state index contributed by atoms with van der Waals surface area (Å²) in [7, 11) is 1.79. The van der Waals surface area contributed by atoms with Crippen LogP contribution in [0.3, 0.4) is 0 Å². The first-order chi connectivity index (χ1) is 12.3. The number of ether oxygens (including phenoxy) is 1. The summed E-state index contributed by atoms with van der Waals surface area (Å²) in [5.74, 6) is 1.74. The molecule has 1 aliphatic rings. The Hall–Kier alpha value is -0.830. The molecule has 0 saturated heterocycles. The van der Waals surface area contributed by atoms with E-state index in [4.69, 9.17) is 9.26 Å². The monoisotopic (exact) mass is 478 g/mol. The van der Waals surface area contributed by atoms with Crippen molar-refractivity contribution in [3.63, 3.8) is 0 Å². The van der Waals surface area contributed by atoms with Gasteiger partial charge >= 0.3 is 0 Å². The molecular weight excluding hydrogens is 443 g/mol. The number of nitrogens with zero attached hydrogens (tertiary/aromatic N) is 2. The van der Waals surface area contributed by atoms with Crippen molar-refractivity contribution in [2.75, 3.05) is 20.2 Å². The zero-order valence-corrected chi connectivity index (χ0v) is 18.8. The number of guanidine groups is 1. The highest BCUT2D eigenvalue weighted by atomic mass is 127. The molecule has 0 aliphatic heterocycles. The van der Waals surface area contributed by atoms with E-state index in [1.165, 1.54) is 38.5 Å². The van der Waals surface area contributed by atoms with Gasteiger partial charge in [-0.3, -0.25) is 4.99 Å². The molecule has 7 heteroatoms.